The molecule has 0 aromatic carbocycles. The largest absolute Gasteiger partial charge is 0.468 e. The third-order valence-electron chi connectivity index (χ3n) is 5.52. The van der Waals surface area contributed by atoms with Crippen molar-refractivity contribution >= 4 is 11.9 Å². The Bertz CT molecular complexity index is 665. The molecular weight excluding hydrogens is 330 g/mol. The van der Waals surface area contributed by atoms with E-state index in [1.54, 1.807) is 0 Å². The molecule has 0 saturated heterocycles. The zero-order valence-corrected chi connectivity index (χ0v) is 16.7. The van der Waals surface area contributed by atoms with Gasteiger partial charge in [0.1, 0.15) is 0 Å². The molecule has 2 rings (SSSR count). The van der Waals surface area contributed by atoms with Crippen LogP contribution < -0.4 is 0 Å². The van der Waals surface area contributed by atoms with Crippen molar-refractivity contribution in [1.82, 2.24) is 4.98 Å². The lowest BCUT2D eigenvalue weighted by Gasteiger charge is -2.22. The van der Waals surface area contributed by atoms with E-state index in [4.69, 9.17) is 14.5 Å². The molecule has 144 valence electrons. The average Bonchev–Trinajstić information content (AvgIpc) is 3.05. The minimum Gasteiger partial charge on any atom is -0.468 e. The third kappa shape index (κ3) is 3.62. The van der Waals surface area contributed by atoms with Gasteiger partial charge in [-0.05, 0) is 49.3 Å². The zero-order chi connectivity index (χ0) is 19.3. The number of aryl methyl sites for hydroxylation is 1. The molecule has 26 heavy (non-hydrogen) atoms. The molecule has 1 heterocycles. The summed E-state index contributed by atoms with van der Waals surface area (Å²) in [6.07, 6.45) is 6.93. The summed E-state index contributed by atoms with van der Waals surface area (Å²) in [5, 5.41) is 0. The van der Waals surface area contributed by atoms with Gasteiger partial charge in [-0.3, -0.25) is 14.6 Å². The summed E-state index contributed by atoms with van der Waals surface area (Å²) in [7, 11) is 2.63. The van der Waals surface area contributed by atoms with E-state index in [9.17, 15) is 9.59 Å². The first-order chi connectivity index (χ1) is 12.4. The molecule has 5 nitrogen and oxygen atoms in total. The number of aromatic nitrogens is 1. The standard InChI is InChI=1S/C21H31NO4/c1-6-8-10-15-14(3)16-12-21(19(23)25-4,20(24)26-5)13-18(16)22-17(15)11-9-7-2/h6-13H2,1-5H3. The summed E-state index contributed by atoms with van der Waals surface area (Å²) in [6, 6.07) is 0. The highest BCUT2D eigenvalue weighted by molar-refractivity contribution is 6.01. The predicted molar refractivity (Wildman–Crippen MR) is 100 cm³/mol. The van der Waals surface area contributed by atoms with Gasteiger partial charge in [-0.1, -0.05) is 26.7 Å². The lowest BCUT2D eigenvalue weighted by Crippen LogP contribution is -2.42. The van der Waals surface area contributed by atoms with E-state index >= 15 is 0 Å². The Kier molecular flexibility index (Phi) is 6.79. The zero-order valence-electron chi connectivity index (χ0n) is 16.7. The topological polar surface area (TPSA) is 65.5 Å². The molecular formula is C21H31NO4. The molecule has 0 atom stereocenters. The third-order valence-corrected chi connectivity index (χ3v) is 5.52. The van der Waals surface area contributed by atoms with E-state index < -0.39 is 17.4 Å². The van der Waals surface area contributed by atoms with Crippen LogP contribution >= 0.6 is 0 Å². The predicted octanol–water partition coefficient (Wildman–Crippen LogP) is 3.51. The molecule has 5 heteroatoms. The molecule has 1 aromatic rings. The number of nitrogens with zero attached hydrogens (tertiary/aromatic N) is 1. The van der Waals surface area contributed by atoms with Crippen molar-refractivity contribution in [2.45, 2.75) is 72.1 Å². The van der Waals surface area contributed by atoms with E-state index in [1.165, 1.54) is 25.3 Å². The second kappa shape index (κ2) is 8.65. The molecule has 0 bridgehead atoms. The second-order valence-corrected chi connectivity index (χ2v) is 7.21. The van der Waals surface area contributed by atoms with Crippen LogP contribution in [-0.2, 0) is 44.7 Å². The van der Waals surface area contributed by atoms with Gasteiger partial charge in [0.05, 0.1) is 14.2 Å². The molecule has 0 saturated carbocycles. The Morgan fingerprint density at radius 1 is 1.00 bits per heavy atom. The molecule has 1 aliphatic rings. The SMILES string of the molecule is CCCCc1nc2c(c(C)c1CCCC)CC(C(=O)OC)(C(=O)OC)C2. The normalized spacial score (nSPS) is 14.8. The van der Waals surface area contributed by atoms with Crippen molar-refractivity contribution in [3.05, 3.63) is 28.1 Å². The molecule has 0 aliphatic heterocycles. The minimum atomic E-state index is -1.30. The number of hydrogen-bond donors (Lipinski definition) is 0. The van der Waals surface area contributed by atoms with Crippen LogP contribution in [0.5, 0.6) is 0 Å². The number of esters is 2. The Balaban J connectivity index is 2.51. The van der Waals surface area contributed by atoms with Crippen LogP contribution in [0.1, 0.15) is 67.6 Å². The Labute approximate surface area is 156 Å². The molecule has 1 aliphatic carbocycles. The van der Waals surface area contributed by atoms with Gasteiger partial charge in [0, 0.05) is 24.2 Å². The van der Waals surface area contributed by atoms with Crippen LogP contribution in [0.15, 0.2) is 0 Å². The fourth-order valence-electron chi connectivity index (χ4n) is 3.94. The van der Waals surface area contributed by atoms with Crippen LogP contribution in [-0.4, -0.2) is 31.1 Å². The fourth-order valence-corrected chi connectivity index (χ4v) is 3.94. The summed E-state index contributed by atoms with van der Waals surface area (Å²) in [5.74, 6) is -1.07. The number of pyridine rings is 1. The number of hydrogen-bond acceptors (Lipinski definition) is 5. The number of unbranched alkanes of at least 4 members (excludes halogenated alkanes) is 2. The molecule has 0 unspecified atom stereocenters. The van der Waals surface area contributed by atoms with E-state index in [1.807, 2.05) is 0 Å². The van der Waals surface area contributed by atoms with Crippen LogP contribution in [0.2, 0.25) is 0 Å². The maximum atomic E-state index is 12.5. The highest BCUT2D eigenvalue weighted by Crippen LogP contribution is 2.41. The van der Waals surface area contributed by atoms with Gasteiger partial charge in [-0.2, -0.15) is 0 Å². The number of methoxy groups -OCH3 is 2. The maximum Gasteiger partial charge on any atom is 0.323 e. The van der Waals surface area contributed by atoms with Crippen molar-refractivity contribution in [2.75, 3.05) is 14.2 Å². The quantitative estimate of drug-likeness (QED) is 0.524. The summed E-state index contributed by atoms with van der Waals surface area (Å²) in [4.78, 5) is 29.9. The first-order valence-corrected chi connectivity index (χ1v) is 9.62. The highest BCUT2D eigenvalue weighted by Gasteiger charge is 2.53. The molecule has 0 fully saturated rings. The van der Waals surface area contributed by atoms with E-state index in [0.717, 1.165) is 55.5 Å². The summed E-state index contributed by atoms with van der Waals surface area (Å²) < 4.78 is 9.91. The number of ether oxygens (including phenoxy) is 2. The average molecular weight is 361 g/mol. The van der Waals surface area contributed by atoms with E-state index in [0.29, 0.717) is 6.42 Å². The lowest BCUT2D eigenvalue weighted by atomic mass is 9.84. The number of fused-ring (bicyclic) bond motifs is 1. The van der Waals surface area contributed by atoms with Gasteiger partial charge in [0.15, 0.2) is 5.41 Å². The Hall–Kier alpha value is -1.91. The number of carbonyl (C=O) groups excluding carboxylic acids is 2. The van der Waals surface area contributed by atoms with Crippen molar-refractivity contribution in [3.8, 4) is 0 Å². The van der Waals surface area contributed by atoms with Crippen LogP contribution in [0.3, 0.4) is 0 Å². The lowest BCUT2D eigenvalue weighted by molar-refractivity contribution is -0.168. The van der Waals surface area contributed by atoms with Crippen molar-refractivity contribution < 1.29 is 19.1 Å². The second-order valence-electron chi connectivity index (χ2n) is 7.21. The van der Waals surface area contributed by atoms with Crippen LogP contribution in [0.25, 0.3) is 0 Å². The monoisotopic (exact) mass is 361 g/mol. The van der Waals surface area contributed by atoms with Crippen molar-refractivity contribution in [3.63, 3.8) is 0 Å². The van der Waals surface area contributed by atoms with Gasteiger partial charge >= 0.3 is 11.9 Å². The van der Waals surface area contributed by atoms with Gasteiger partial charge in [-0.25, -0.2) is 0 Å². The molecule has 1 aromatic heterocycles. The first-order valence-electron chi connectivity index (χ1n) is 9.62. The molecule has 0 radical (unpaired) electrons. The summed E-state index contributed by atoms with van der Waals surface area (Å²) in [5.41, 5.74) is 4.18. The van der Waals surface area contributed by atoms with Gasteiger partial charge in [0.25, 0.3) is 0 Å². The number of carbonyl (C=O) groups is 2. The summed E-state index contributed by atoms with van der Waals surface area (Å²) in [6.45, 7) is 6.46. The van der Waals surface area contributed by atoms with Gasteiger partial charge < -0.3 is 9.47 Å². The maximum absolute atomic E-state index is 12.5. The molecule has 0 spiro atoms. The molecule has 0 N–H and O–H groups in total. The fraction of sp³-hybridized carbons (Fsp3) is 0.667. The van der Waals surface area contributed by atoms with E-state index in [2.05, 4.69) is 20.8 Å². The van der Waals surface area contributed by atoms with Gasteiger partial charge in [-0.15, -0.1) is 0 Å². The van der Waals surface area contributed by atoms with E-state index in [-0.39, 0.29) is 6.42 Å². The van der Waals surface area contributed by atoms with Gasteiger partial charge in [0.2, 0.25) is 0 Å². The molecule has 0 amide bonds. The number of rotatable bonds is 8. The van der Waals surface area contributed by atoms with Crippen LogP contribution in [0, 0.1) is 12.3 Å². The minimum absolute atomic E-state index is 0.260. The summed E-state index contributed by atoms with van der Waals surface area (Å²) >= 11 is 0. The van der Waals surface area contributed by atoms with Crippen molar-refractivity contribution in [1.29, 1.82) is 0 Å². The smallest absolute Gasteiger partial charge is 0.323 e. The highest BCUT2D eigenvalue weighted by atomic mass is 16.5. The van der Waals surface area contributed by atoms with Crippen molar-refractivity contribution in [2.24, 2.45) is 5.41 Å². The Morgan fingerprint density at radius 2 is 1.58 bits per heavy atom. The Morgan fingerprint density at radius 3 is 2.12 bits per heavy atom. The van der Waals surface area contributed by atoms with Crippen LogP contribution in [0.4, 0.5) is 0 Å². The first kappa shape index (κ1) is 20.4.